The van der Waals surface area contributed by atoms with Gasteiger partial charge in [0.1, 0.15) is 34.5 Å². The minimum Gasteiger partial charge on any atom is -0.369 e. The predicted octanol–water partition coefficient (Wildman–Crippen LogP) is 1.13. The third-order valence-electron chi connectivity index (χ3n) is 5.60. The van der Waals surface area contributed by atoms with E-state index in [2.05, 4.69) is 21.8 Å². The lowest BCUT2D eigenvalue weighted by Crippen LogP contribution is -2.37. The van der Waals surface area contributed by atoms with E-state index in [-0.39, 0.29) is 18.2 Å². The van der Waals surface area contributed by atoms with E-state index in [1.807, 2.05) is 27.9 Å². The Morgan fingerprint density at radius 3 is 2.81 bits per heavy atom. The Balaban J connectivity index is 1.66. The first-order valence-electron chi connectivity index (χ1n) is 10.1. The fraction of sp³-hybridized carbons (Fsp3) is 0.364. The minimum absolute atomic E-state index is 0.0905. The number of likely N-dealkylation sites (tertiary alicyclic amines) is 1. The fourth-order valence-corrected chi connectivity index (χ4v) is 4.16. The van der Waals surface area contributed by atoms with E-state index in [9.17, 15) is 14.7 Å². The maximum absolute atomic E-state index is 12.1. The van der Waals surface area contributed by atoms with E-state index in [1.165, 1.54) is 4.90 Å². The lowest BCUT2D eigenvalue weighted by Gasteiger charge is -2.18. The van der Waals surface area contributed by atoms with Gasteiger partial charge in [-0.25, -0.2) is 9.97 Å². The summed E-state index contributed by atoms with van der Waals surface area (Å²) >= 11 is 1.89. The molecule has 2 fully saturated rings. The van der Waals surface area contributed by atoms with Crippen molar-refractivity contribution < 1.29 is 17.8 Å². The molecule has 2 atom stereocenters. The van der Waals surface area contributed by atoms with Crippen molar-refractivity contribution in [1.82, 2.24) is 14.9 Å². The van der Waals surface area contributed by atoms with Crippen LogP contribution in [0.4, 0.5) is 5.82 Å². The fourth-order valence-electron chi connectivity index (χ4n) is 3.74. The van der Waals surface area contributed by atoms with E-state index in [1.54, 1.807) is 37.4 Å². The zero-order valence-corrected chi connectivity index (χ0v) is 19.6. The first-order valence-corrected chi connectivity index (χ1v) is 11.0. The number of aromatic nitrogens is 2. The monoisotopic (exact) mass is 547 g/mol. The molecular formula is C22H22IN5O4. The minimum atomic E-state index is -1.67. The summed E-state index contributed by atoms with van der Waals surface area (Å²) in [7, 11) is 1.64. The van der Waals surface area contributed by atoms with Crippen LogP contribution in [0.2, 0.25) is 0 Å². The maximum Gasteiger partial charge on any atom is 0.267 e. The van der Waals surface area contributed by atoms with Crippen LogP contribution >= 0.6 is 23.0 Å². The highest BCUT2D eigenvalue weighted by Gasteiger charge is 2.42. The average Bonchev–Trinajstić information content (AvgIpc) is 3.39. The van der Waals surface area contributed by atoms with Crippen LogP contribution in [-0.2, 0) is 7.86 Å². The molecule has 2 aliphatic rings. The molecule has 166 valence electrons. The topological polar surface area (TPSA) is 122 Å². The lowest BCUT2D eigenvalue weighted by atomic mass is 10.0. The van der Waals surface area contributed by atoms with Crippen LogP contribution in [0.1, 0.15) is 28.9 Å². The molecular weight excluding hydrogens is 525 g/mol. The number of nitrogens with two attached hydrogens (primary N) is 1. The van der Waals surface area contributed by atoms with Crippen molar-refractivity contribution in [3.8, 4) is 23.2 Å². The third-order valence-corrected chi connectivity index (χ3v) is 6.32. The van der Waals surface area contributed by atoms with Gasteiger partial charge in [0.15, 0.2) is 5.82 Å². The molecule has 0 saturated carbocycles. The largest absolute Gasteiger partial charge is 0.369 e. The van der Waals surface area contributed by atoms with Crippen LogP contribution in [0.25, 0.3) is 11.4 Å². The van der Waals surface area contributed by atoms with Gasteiger partial charge in [0.05, 0.1) is 6.10 Å². The van der Waals surface area contributed by atoms with Gasteiger partial charge in [-0.2, -0.15) is 0 Å². The highest BCUT2D eigenvalue weighted by atomic mass is 127. The molecule has 4 rings (SSSR count). The molecule has 2 aromatic rings. The molecule has 1 aromatic carbocycles. The number of hydrogen-bond acceptors (Lipinski definition) is 7. The SMILES string of the molecule is CN1CC[C@@](O)(C#Cc2cccc(-c3nc(C(N)=O)cc(N4CC[C@@H](OI)C4)n3)c2)C1=O. The van der Waals surface area contributed by atoms with Crippen molar-refractivity contribution in [2.75, 3.05) is 31.6 Å². The number of rotatable bonds is 4. The maximum atomic E-state index is 12.1. The van der Waals surface area contributed by atoms with Crippen LogP contribution in [-0.4, -0.2) is 70.2 Å². The number of amides is 2. The molecule has 10 heteroatoms. The molecule has 0 bridgehead atoms. The smallest absolute Gasteiger partial charge is 0.267 e. The van der Waals surface area contributed by atoms with Crippen LogP contribution in [0, 0.1) is 11.8 Å². The normalized spacial score (nSPS) is 22.7. The molecule has 3 heterocycles. The molecule has 0 radical (unpaired) electrons. The summed E-state index contributed by atoms with van der Waals surface area (Å²) < 4.78 is 5.39. The van der Waals surface area contributed by atoms with Crippen molar-refractivity contribution in [2.45, 2.75) is 24.5 Å². The van der Waals surface area contributed by atoms with Crippen LogP contribution in [0.3, 0.4) is 0 Å². The summed E-state index contributed by atoms with van der Waals surface area (Å²) in [4.78, 5) is 36.5. The molecule has 0 aliphatic carbocycles. The molecule has 0 unspecified atom stereocenters. The summed E-state index contributed by atoms with van der Waals surface area (Å²) in [6, 6.07) is 8.69. The van der Waals surface area contributed by atoms with Crippen molar-refractivity contribution in [3.05, 3.63) is 41.6 Å². The van der Waals surface area contributed by atoms with Gasteiger partial charge in [0.2, 0.25) is 5.60 Å². The molecule has 0 spiro atoms. The number of benzene rings is 1. The van der Waals surface area contributed by atoms with Crippen LogP contribution in [0.15, 0.2) is 30.3 Å². The number of hydrogen-bond donors (Lipinski definition) is 2. The first-order chi connectivity index (χ1) is 15.3. The number of halogens is 1. The summed E-state index contributed by atoms with van der Waals surface area (Å²) in [6.07, 6.45) is 1.21. The van der Waals surface area contributed by atoms with Crippen molar-refractivity contribution in [2.24, 2.45) is 5.73 Å². The highest BCUT2D eigenvalue weighted by Crippen LogP contribution is 2.26. The van der Waals surface area contributed by atoms with Crippen molar-refractivity contribution in [1.29, 1.82) is 0 Å². The molecule has 1 aromatic heterocycles. The van der Waals surface area contributed by atoms with Gasteiger partial charge in [-0.3, -0.25) is 9.59 Å². The van der Waals surface area contributed by atoms with Crippen molar-refractivity contribution in [3.63, 3.8) is 0 Å². The van der Waals surface area contributed by atoms with Gasteiger partial charge in [-0.05, 0) is 18.6 Å². The Hall–Kier alpha value is -2.75. The second kappa shape index (κ2) is 9.01. The summed E-state index contributed by atoms with van der Waals surface area (Å²) in [5.74, 6) is 5.50. The number of anilines is 1. The molecule has 2 saturated heterocycles. The van der Waals surface area contributed by atoms with Gasteiger partial charge in [-0.15, -0.1) is 0 Å². The van der Waals surface area contributed by atoms with E-state index < -0.39 is 17.4 Å². The zero-order valence-electron chi connectivity index (χ0n) is 17.4. The van der Waals surface area contributed by atoms with Gasteiger partial charge < -0.3 is 23.7 Å². The Morgan fingerprint density at radius 2 is 2.16 bits per heavy atom. The van der Waals surface area contributed by atoms with E-state index in [0.29, 0.717) is 35.9 Å². The second-order valence-corrected chi connectivity index (χ2v) is 8.42. The predicted molar refractivity (Wildman–Crippen MR) is 126 cm³/mol. The standard InChI is InChI=1S/C22H22IN5O4/c1-27-10-8-22(31,21(27)30)7-5-14-3-2-4-15(11-14)20-25-17(19(24)29)12-18(26-20)28-9-6-16(13-28)32-23/h2-4,11-12,16,31H,6,8-10,13H2,1H3,(H2,24,29)/t16-,22+/m1/s1. The third kappa shape index (κ3) is 4.55. The summed E-state index contributed by atoms with van der Waals surface area (Å²) in [5, 5.41) is 10.5. The quantitative estimate of drug-likeness (QED) is 0.435. The van der Waals surface area contributed by atoms with E-state index in [4.69, 9.17) is 8.80 Å². The van der Waals surface area contributed by atoms with Crippen molar-refractivity contribution >= 4 is 40.6 Å². The van der Waals surface area contributed by atoms with Gasteiger partial charge in [0, 0.05) is 50.3 Å². The Morgan fingerprint density at radius 1 is 1.34 bits per heavy atom. The highest BCUT2D eigenvalue weighted by molar-refractivity contribution is 14.1. The Labute approximate surface area is 199 Å². The van der Waals surface area contributed by atoms with Crippen LogP contribution in [0.5, 0.6) is 0 Å². The lowest BCUT2D eigenvalue weighted by molar-refractivity contribution is -0.137. The molecule has 2 aliphatic heterocycles. The van der Waals surface area contributed by atoms with Gasteiger partial charge in [0.25, 0.3) is 11.8 Å². The number of nitrogens with zero attached hydrogens (tertiary/aromatic N) is 4. The number of carbonyl (C=O) groups is 2. The van der Waals surface area contributed by atoms with Gasteiger partial charge in [-0.1, -0.05) is 24.0 Å². The summed E-state index contributed by atoms with van der Waals surface area (Å²) in [5.41, 5.74) is 5.19. The van der Waals surface area contributed by atoms with Gasteiger partial charge >= 0.3 is 0 Å². The zero-order chi connectivity index (χ0) is 22.9. The first kappa shape index (κ1) is 22.4. The number of primary amides is 1. The average molecular weight is 547 g/mol. The molecule has 32 heavy (non-hydrogen) atoms. The number of aliphatic hydroxyl groups is 1. The number of carbonyl (C=O) groups excluding carboxylic acids is 2. The molecule has 2 amide bonds. The summed E-state index contributed by atoms with van der Waals surface area (Å²) in [6.45, 7) is 1.86. The van der Waals surface area contributed by atoms with E-state index >= 15 is 0 Å². The Bertz CT molecular complexity index is 1130. The van der Waals surface area contributed by atoms with Crippen LogP contribution < -0.4 is 10.6 Å². The molecule has 3 N–H and O–H groups in total. The van der Waals surface area contributed by atoms with E-state index in [0.717, 1.165) is 13.0 Å². The molecule has 9 nitrogen and oxygen atoms in total. The second-order valence-electron chi connectivity index (χ2n) is 7.91. The number of likely N-dealkylation sites (N-methyl/N-ethyl adjacent to an activating group) is 1. The Kier molecular flexibility index (Phi) is 6.32.